The van der Waals surface area contributed by atoms with Crippen LogP contribution in [0.2, 0.25) is 0 Å². The SMILES string of the molecule is N#Cc1cccc(-c2nnc(-n3nc(Nc4ccc(N5CCC(N6CCCC6)CC5)c(F)c4)nc3N)c3c2C2CCC3CC2)c1. The van der Waals surface area contributed by atoms with E-state index in [1.54, 1.807) is 10.7 Å². The summed E-state index contributed by atoms with van der Waals surface area (Å²) in [6.45, 7) is 4.13. The Hall–Kier alpha value is -4.56. The molecular formula is C34H37FN10. The third-order valence-electron chi connectivity index (χ3n) is 10.3. The van der Waals surface area contributed by atoms with Gasteiger partial charge in [-0.25, -0.2) is 4.39 Å². The Morgan fingerprint density at radius 1 is 0.889 bits per heavy atom. The first-order valence-corrected chi connectivity index (χ1v) is 16.2. The highest BCUT2D eigenvalue weighted by Gasteiger charge is 2.39. The monoisotopic (exact) mass is 604 g/mol. The number of nitrogens with zero attached hydrogens (tertiary/aromatic N) is 8. The molecule has 45 heavy (non-hydrogen) atoms. The number of rotatable bonds is 6. The first kappa shape index (κ1) is 28.0. The van der Waals surface area contributed by atoms with Crippen molar-refractivity contribution >= 4 is 23.3 Å². The van der Waals surface area contributed by atoms with Crippen molar-refractivity contribution < 1.29 is 4.39 Å². The van der Waals surface area contributed by atoms with Crippen LogP contribution in [0.5, 0.6) is 0 Å². The van der Waals surface area contributed by atoms with Crippen molar-refractivity contribution in [1.82, 2.24) is 29.9 Å². The summed E-state index contributed by atoms with van der Waals surface area (Å²) in [5, 5.41) is 26.6. The van der Waals surface area contributed by atoms with E-state index in [1.807, 2.05) is 30.3 Å². The molecule has 4 heterocycles. The predicted octanol–water partition coefficient (Wildman–Crippen LogP) is 5.88. The zero-order valence-electron chi connectivity index (χ0n) is 25.3. The van der Waals surface area contributed by atoms with Gasteiger partial charge < -0.3 is 20.9 Å². The second-order valence-corrected chi connectivity index (χ2v) is 12.9. The number of halogens is 1. The van der Waals surface area contributed by atoms with Crippen LogP contribution in [0.1, 0.15) is 79.9 Å². The molecule has 2 aliphatic heterocycles. The Balaban J connectivity index is 1.05. The first-order chi connectivity index (χ1) is 22.1. The molecule has 0 spiro atoms. The Morgan fingerprint density at radius 3 is 2.38 bits per heavy atom. The minimum Gasteiger partial charge on any atom is -0.369 e. The standard InChI is InChI=1S/C34H37FN10/c35-27-19-25(10-11-28(27)44-16-12-26(13-17-44)43-14-1-2-15-43)38-34-39-33(37)45(42-34)32-30-23-8-6-22(7-9-23)29(30)31(40-41-32)24-5-3-4-21(18-24)20-36/h3-5,10-11,18-19,22-23,26H,1-2,6-9,12-17H2,(H3,37,38,39,42). The maximum Gasteiger partial charge on any atom is 0.248 e. The van der Waals surface area contributed by atoms with Gasteiger partial charge in [0.05, 0.1) is 23.0 Å². The quantitative estimate of drug-likeness (QED) is 0.278. The van der Waals surface area contributed by atoms with Gasteiger partial charge in [0.15, 0.2) is 5.82 Å². The van der Waals surface area contributed by atoms with Crippen LogP contribution in [-0.4, -0.2) is 62.1 Å². The summed E-state index contributed by atoms with van der Waals surface area (Å²) in [6, 6.07) is 15.6. The molecule has 2 aromatic heterocycles. The van der Waals surface area contributed by atoms with Gasteiger partial charge in [0.25, 0.3) is 0 Å². The molecule has 3 aliphatic carbocycles. The van der Waals surface area contributed by atoms with E-state index in [0.29, 0.717) is 40.6 Å². The second kappa shape index (κ2) is 11.4. The molecule has 1 saturated carbocycles. The zero-order chi connectivity index (χ0) is 30.5. The van der Waals surface area contributed by atoms with Gasteiger partial charge in [-0.2, -0.15) is 14.9 Å². The minimum atomic E-state index is -0.265. The molecule has 2 aromatic carbocycles. The topological polar surface area (TPSA) is 125 Å². The molecule has 2 saturated heterocycles. The number of hydrogen-bond acceptors (Lipinski definition) is 9. The fourth-order valence-corrected chi connectivity index (χ4v) is 8.13. The normalized spacial score (nSPS) is 21.6. The van der Waals surface area contributed by atoms with Gasteiger partial charge in [-0.3, -0.25) is 0 Å². The summed E-state index contributed by atoms with van der Waals surface area (Å²) < 4.78 is 16.9. The summed E-state index contributed by atoms with van der Waals surface area (Å²) in [5.41, 5.74) is 12.2. The lowest BCUT2D eigenvalue weighted by Gasteiger charge is -2.39. The van der Waals surface area contributed by atoms with Gasteiger partial charge in [-0.15, -0.1) is 15.3 Å². The van der Waals surface area contributed by atoms with Crippen LogP contribution in [0.4, 0.5) is 27.7 Å². The van der Waals surface area contributed by atoms with Crippen molar-refractivity contribution in [1.29, 1.82) is 5.26 Å². The fourth-order valence-electron chi connectivity index (χ4n) is 8.13. The third kappa shape index (κ3) is 5.07. The number of nitriles is 1. The average Bonchev–Trinajstić information content (AvgIpc) is 3.75. The summed E-state index contributed by atoms with van der Waals surface area (Å²) in [5.74, 6) is 1.49. The molecule has 0 radical (unpaired) electrons. The van der Waals surface area contributed by atoms with Crippen molar-refractivity contribution in [2.45, 2.75) is 69.2 Å². The smallest absolute Gasteiger partial charge is 0.248 e. The fraction of sp³-hybridized carbons (Fsp3) is 0.441. The molecule has 2 bridgehead atoms. The highest BCUT2D eigenvalue weighted by molar-refractivity contribution is 5.70. The molecule has 9 rings (SSSR count). The lowest BCUT2D eigenvalue weighted by Crippen LogP contribution is -2.44. The molecule has 0 unspecified atom stereocenters. The molecular weight excluding hydrogens is 567 g/mol. The summed E-state index contributed by atoms with van der Waals surface area (Å²) in [7, 11) is 0. The maximum atomic E-state index is 15.4. The zero-order valence-corrected chi connectivity index (χ0v) is 25.3. The molecule has 230 valence electrons. The van der Waals surface area contributed by atoms with Gasteiger partial charge in [0, 0.05) is 35.9 Å². The molecule has 0 atom stereocenters. The van der Waals surface area contributed by atoms with E-state index in [4.69, 9.17) is 5.73 Å². The van der Waals surface area contributed by atoms with Crippen LogP contribution in [0, 0.1) is 17.1 Å². The van der Waals surface area contributed by atoms with Crippen LogP contribution in [0.3, 0.4) is 0 Å². The first-order valence-electron chi connectivity index (χ1n) is 16.2. The third-order valence-corrected chi connectivity index (χ3v) is 10.3. The van der Waals surface area contributed by atoms with Crippen molar-refractivity contribution in [3.63, 3.8) is 0 Å². The second-order valence-electron chi connectivity index (χ2n) is 12.9. The molecule has 11 heteroatoms. The number of benzene rings is 2. The predicted molar refractivity (Wildman–Crippen MR) is 171 cm³/mol. The highest BCUT2D eigenvalue weighted by Crippen LogP contribution is 2.53. The highest BCUT2D eigenvalue weighted by atomic mass is 19.1. The van der Waals surface area contributed by atoms with Crippen LogP contribution in [0.25, 0.3) is 17.1 Å². The lowest BCUT2D eigenvalue weighted by molar-refractivity contribution is 0.207. The van der Waals surface area contributed by atoms with Crippen molar-refractivity contribution in [3.05, 3.63) is 65.0 Å². The van der Waals surface area contributed by atoms with E-state index in [9.17, 15) is 5.26 Å². The number of nitrogens with two attached hydrogens (primary N) is 1. The summed E-state index contributed by atoms with van der Waals surface area (Å²) in [6.07, 6.45) is 9.10. The Labute approximate surface area is 262 Å². The van der Waals surface area contributed by atoms with Crippen LogP contribution in [0.15, 0.2) is 42.5 Å². The average molecular weight is 605 g/mol. The van der Waals surface area contributed by atoms with E-state index >= 15 is 4.39 Å². The van der Waals surface area contributed by atoms with Crippen molar-refractivity contribution in [3.8, 4) is 23.1 Å². The number of nitrogen functional groups attached to an aromatic ring is 1. The van der Waals surface area contributed by atoms with Crippen molar-refractivity contribution in [2.75, 3.05) is 42.1 Å². The van der Waals surface area contributed by atoms with Crippen LogP contribution in [-0.2, 0) is 0 Å². The van der Waals surface area contributed by atoms with Gasteiger partial charge in [0.2, 0.25) is 11.9 Å². The van der Waals surface area contributed by atoms with Crippen LogP contribution < -0.4 is 16.0 Å². The Bertz CT molecular complexity index is 1770. The Morgan fingerprint density at radius 2 is 1.64 bits per heavy atom. The molecule has 10 nitrogen and oxygen atoms in total. The largest absolute Gasteiger partial charge is 0.369 e. The van der Waals surface area contributed by atoms with Gasteiger partial charge in [-0.05, 0) is 112 Å². The number of hydrogen-bond donors (Lipinski definition) is 2. The van der Waals surface area contributed by atoms with Crippen LogP contribution >= 0.6 is 0 Å². The van der Waals surface area contributed by atoms with Gasteiger partial charge in [0.1, 0.15) is 5.82 Å². The molecule has 3 N–H and O–H groups in total. The van der Waals surface area contributed by atoms with E-state index in [2.05, 4.69) is 41.5 Å². The number of nitrogens with one attached hydrogen (secondary N) is 1. The summed E-state index contributed by atoms with van der Waals surface area (Å²) in [4.78, 5) is 9.23. The molecule has 3 fully saturated rings. The van der Waals surface area contributed by atoms with E-state index < -0.39 is 0 Å². The number of likely N-dealkylation sites (tertiary alicyclic amines) is 1. The number of piperidine rings is 1. The molecule has 5 aliphatic rings. The van der Waals surface area contributed by atoms with Gasteiger partial charge >= 0.3 is 0 Å². The number of anilines is 4. The van der Waals surface area contributed by atoms with E-state index in [1.165, 1.54) is 37.6 Å². The molecule has 4 aromatic rings. The van der Waals surface area contributed by atoms with Gasteiger partial charge in [-0.1, -0.05) is 12.1 Å². The lowest BCUT2D eigenvalue weighted by atomic mass is 9.66. The molecule has 0 amide bonds. The van der Waals surface area contributed by atoms with E-state index in [-0.39, 0.29) is 17.7 Å². The number of aromatic nitrogens is 5. The van der Waals surface area contributed by atoms with E-state index in [0.717, 1.165) is 68.4 Å². The Kier molecular flexibility index (Phi) is 7.09. The van der Waals surface area contributed by atoms with Crippen molar-refractivity contribution in [2.24, 2.45) is 0 Å². The number of fused-ring (bicyclic) bond motifs is 2. The summed E-state index contributed by atoms with van der Waals surface area (Å²) >= 11 is 0. The minimum absolute atomic E-state index is 0.188. The maximum absolute atomic E-state index is 15.4.